The Morgan fingerprint density at radius 3 is 2.54 bits per heavy atom. The minimum absolute atomic E-state index is 0.283. The maximum atomic E-state index is 4.49. The molecule has 1 unspecified atom stereocenters. The third-order valence-corrected chi connectivity index (χ3v) is 4.52. The van der Waals surface area contributed by atoms with Crippen molar-refractivity contribution in [2.24, 2.45) is 12.0 Å². The van der Waals surface area contributed by atoms with Crippen LogP contribution < -0.4 is 16.0 Å². The average molecular weight is 357 g/mol. The van der Waals surface area contributed by atoms with Crippen molar-refractivity contribution < 1.29 is 0 Å². The van der Waals surface area contributed by atoms with Crippen LogP contribution in [0.3, 0.4) is 0 Å². The minimum Gasteiger partial charge on any atom is -0.385 e. The highest BCUT2D eigenvalue weighted by molar-refractivity contribution is 5.79. The molecule has 3 N–H and O–H groups in total. The summed E-state index contributed by atoms with van der Waals surface area (Å²) in [6.07, 6.45) is 1.95. The van der Waals surface area contributed by atoms with Gasteiger partial charge in [-0.3, -0.25) is 9.67 Å². The Labute approximate surface area is 157 Å². The number of hydrogen-bond acceptors (Lipinski definition) is 3. The number of rotatable bonds is 8. The van der Waals surface area contributed by atoms with Crippen molar-refractivity contribution >= 4 is 11.6 Å². The molecule has 0 saturated heterocycles. The predicted octanol–water partition coefficient (Wildman–Crippen LogP) is 2.64. The molecule has 0 fully saturated rings. The molecule has 0 amide bonds. The molecule has 1 heterocycles. The lowest BCUT2D eigenvalue weighted by Gasteiger charge is -2.18. The number of hydrogen-bond donors (Lipinski definition) is 3. The molecule has 2 rings (SSSR count). The van der Waals surface area contributed by atoms with Crippen LogP contribution in [0.15, 0.2) is 35.3 Å². The number of guanidine groups is 1. The van der Waals surface area contributed by atoms with Gasteiger partial charge in [-0.05, 0) is 51.3 Å². The summed E-state index contributed by atoms with van der Waals surface area (Å²) in [4.78, 5) is 4.33. The summed E-state index contributed by atoms with van der Waals surface area (Å²) in [6, 6.07) is 10.6. The number of nitrogens with one attached hydrogen (secondary N) is 3. The van der Waals surface area contributed by atoms with Crippen molar-refractivity contribution in [3.05, 3.63) is 47.3 Å². The molecule has 142 valence electrons. The van der Waals surface area contributed by atoms with Crippen molar-refractivity contribution in [1.29, 1.82) is 0 Å². The lowest BCUT2D eigenvalue weighted by atomic mass is 10.1. The van der Waals surface area contributed by atoms with Crippen molar-refractivity contribution in [1.82, 2.24) is 20.4 Å². The number of nitrogens with zero attached hydrogens (tertiary/aromatic N) is 3. The smallest absolute Gasteiger partial charge is 0.191 e. The molecule has 26 heavy (non-hydrogen) atoms. The van der Waals surface area contributed by atoms with E-state index in [4.69, 9.17) is 0 Å². The molecule has 2 aromatic rings. The molecule has 0 aliphatic carbocycles. The summed E-state index contributed by atoms with van der Waals surface area (Å²) in [5, 5.41) is 14.8. The summed E-state index contributed by atoms with van der Waals surface area (Å²) in [7, 11) is 3.80. The molecular formula is C20H32N6. The van der Waals surface area contributed by atoms with Gasteiger partial charge >= 0.3 is 0 Å². The zero-order valence-electron chi connectivity index (χ0n) is 16.6. The zero-order valence-corrected chi connectivity index (χ0v) is 16.6. The van der Waals surface area contributed by atoms with Gasteiger partial charge in [-0.25, -0.2) is 0 Å². The van der Waals surface area contributed by atoms with Crippen LogP contribution in [0.2, 0.25) is 0 Å². The van der Waals surface area contributed by atoms with Gasteiger partial charge in [0.15, 0.2) is 5.96 Å². The zero-order chi connectivity index (χ0) is 18.9. The Morgan fingerprint density at radius 2 is 1.92 bits per heavy atom. The Bertz CT molecular complexity index is 705. The second kappa shape index (κ2) is 9.85. The monoisotopic (exact) mass is 356 g/mol. The van der Waals surface area contributed by atoms with Gasteiger partial charge in [0.25, 0.3) is 0 Å². The lowest BCUT2D eigenvalue weighted by Crippen LogP contribution is -2.43. The van der Waals surface area contributed by atoms with Gasteiger partial charge in [0.05, 0.1) is 5.69 Å². The number of anilines is 1. The number of benzene rings is 1. The fraction of sp³-hybridized carbons (Fsp3) is 0.500. The first-order valence-electron chi connectivity index (χ1n) is 9.26. The minimum atomic E-state index is 0.283. The van der Waals surface area contributed by atoms with E-state index in [9.17, 15) is 0 Å². The summed E-state index contributed by atoms with van der Waals surface area (Å²) in [6.45, 7) is 8.17. The quantitative estimate of drug-likeness (QED) is 0.386. The number of aryl methyl sites for hydroxylation is 2. The van der Waals surface area contributed by atoms with Crippen LogP contribution in [-0.2, 0) is 13.5 Å². The van der Waals surface area contributed by atoms with E-state index in [0.717, 1.165) is 43.3 Å². The highest BCUT2D eigenvalue weighted by Gasteiger charge is 2.13. The van der Waals surface area contributed by atoms with Gasteiger partial charge in [0.1, 0.15) is 0 Å². The Morgan fingerprint density at radius 1 is 1.19 bits per heavy atom. The van der Waals surface area contributed by atoms with E-state index in [-0.39, 0.29) is 6.04 Å². The largest absolute Gasteiger partial charge is 0.385 e. The van der Waals surface area contributed by atoms with E-state index in [1.165, 1.54) is 11.3 Å². The van der Waals surface area contributed by atoms with E-state index in [1.807, 2.05) is 37.0 Å². The molecular weight excluding hydrogens is 324 g/mol. The first-order valence-corrected chi connectivity index (χ1v) is 9.26. The topological polar surface area (TPSA) is 66.3 Å². The standard InChI is InChI=1S/C20H32N6/c1-15(14-19-16(2)25-26(5)17(19)3)24-20(21-4)23-13-9-12-22-18-10-7-6-8-11-18/h6-8,10-11,15,22H,9,12-14H2,1-5H3,(H2,21,23,24). The van der Waals surface area contributed by atoms with Crippen LogP contribution in [0, 0.1) is 13.8 Å². The molecule has 0 saturated carbocycles. The maximum absolute atomic E-state index is 4.49. The Hall–Kier alpha value is -2.50. The molecule has 1 atom stereocenters. The second-order valence-corrected chi connectivity index (χ2v) is 6.67. The fourth-order valence-electron chi connectivity index (χ4n) is 2.98. The second-order valence-electron chi connectivity index (χ2n) is 6.67. The summed E-state index contributed by atoms with van der Waals surface area (Å²) >= 11 is 0. The molecule has 0 aliphatic rings. The number of para-hydroxylation sites is 1. The Balaban J connectivity index is 1.71. The van der Waals surface area contributed by atoms with E-state index < -0.39 is 0 Å². The van der Waals surface area contributed by atoms with E-state index in [2.05, 4.69) is 58.9 Å². The summed E-state index contributed by atoms with van der Waals surface area (Å²) in [5.74, 6) is 0.844. The average Bonchev–Trinajstić information content (AvgIpc) is 2.87. The van der Waals surface area contributed by atoms with Gasteiger partial charge in [-0.2, -0.15) is 5.10 Å². The predicted molar refractivity (Wildman–Crippen MR) is 110 cm³/mol. The molecule has 0 aliphatic heterocycles. The SMILES string of the molecule is CN=C(NCCCNc1ccccc1)NC(C)Cc1c(C)nn(C)c1C. The van der Waals surface area contributed by atoms with Crippen LogP contribution in [-0.4, -0.2) is 41.9 Å². The molecule has 1 aromatic heterocycles. The highest BCUT2D eigenvalue weighted by atomic mass is 15.3. The third kappa shape index (κ3) is 5.79. The number of aliphatic imine (C=N–C) groups is 1. The van der Waals surface area contributed by atoms with Crippen molar-refractivity contribution in [2.75, 3.05) is 25.5 Å². The first kappa shape index (κ1) is 19.8. The van der Waals surface area contributed by atoms with Gasteiger partial charge in [0.2, 0.25) is 0 Å². The van der Waals surface area contributed by atoms with Crippen LogP contribution in [0.4, 0.5) is 5.69 Å². The summed E-state index contributed by atoms with van der Waals surface area (Å²) in [5.41, 5.74) is 4.81. The van der Waals surface area contributed by atoms with E-state index >= 15 is 0 Å². The highest BCUT2D eigenvalue weighted by Crippen LogP contribution is 2.14. The van der Waals surface area contributed by atoms with Gasteiger partial charge in [-0.1, -0.05) is 18.2 Å². The van der Waals surface area contributed by atoms with Crippen LogP contribution >= 0.6 is 0 Å². The molecule has 6 heteroatoms. The third-order valence-electron chi connectivity index (χ3n) is 4.52. The molecule has 1 aromatic carbocycles. The van der Waals surface area contributed by atoms with Crippen molar-refractivity contribution in [2.45, 2.75) is 39.7 Å². The maximum Gasteiger partial charge on any atom is 0.191 e. The summed E-state index contributed by atoms with van der Waals surface area (Å²) < 4.78 is 1.95. The van der Waals surface area contributed by atoms with E-state index in [0.29, 0.717) is 0 Å². The first-order chi connectivity index (χ1) is 12.5. The van der Waals surface area contributed by atoms with Crippen LogP contribution in [0.25, 0.3) is 0 Å². The van der Waals surface area contributed by atoms with E-state index in [1.54, 1.807) is 0 Å². The van der Waals surface area contributed by atoms with Gasteiger partial charge in [0, 0.05) is 44.6 Å². The molecule has 0 bridgehead atoms. The van der Waals surface area contributed by atoms with Crippen LogP contribution in [0.5, 0.6) is 0 Å². The number of aromatic nitrogens is 2. The van der Waals surface area contributed by atoms with Crippen molar-refractivity contribution in [3.63, 3.8) is 0 Å². The fourth-order valence-corrected chi connectivity index (χ4v) is 2.98. The molecule has 0 radical (unpaired) electrons. The normalized spacial score (nSPS) is 12.7. The van der Waals surface area contributed by atoms with Crippen molar-refractivity contribution in [3.8, 4) is 0 Å². The Kier molecular flexibility index (Phi) is 7.51. The molecule has 6 nitrogen and oxygen atoms in total. The van der Waals surface area contributed by atoms with Crippen LogP contribution in [0.1, 0.15) is 30.3 Å². The van der Waals surface area contributed by atoms with Gasteiger partial charge < -0.3 is 16.0 Å². The lowest BCUT2D eigenvalue weighted by molar-refractivity contribution is 0.633. The van der Waals surface area contributed by atoms with Gasteiger partial charge in [-0.15, -0.1) is 0 Å². The molecule has 0 spiro atoms.